The van der Waals surface area contributed by atoms with Crippen molar-refractivity contribution in [3.8, 4) is 22.6 Å². The van der Waals surface area contributed by atoms with Gasteiger partial charge in [0.25, 0.3) is 0 Å². The number of nitrogens with zero attached hydrogens (tertiary/aromatic N) is 2. The molecule has 3 aromatic rings. The monoisotopic (exact) mass is 280 g/mol. The molecule has 21 heavy (non-hydrogen) atoms. The summed E-state index contributed by atoms with van der Waals surface area (Å²) in [6.07, 6.45) is 1.11. The van der Waals surface area contributed by atoms with E-state index in [0.717, 1.165) is 34.8 Å². The molecule has 0 radical (unpaired) electrons. The highest BCUT2D eigenvalue weighted by molar-refractivity contribution is 5.66. The second kappa shape index (κ2) is 5.56. The third-order valence-corrected chi connectivity index (χ3v) is 3.45. The van der Waals surface area contributed by atoms with Crippen LogP contribution in [0.5, 0.6) is 0 Å². The van der Waals surface area contributed by atoms with E-state index in [2.05, 4.69) is 58.5 Å². The van der Waals surface area contributed by atoms with Gasteiger partial charge in [-0.2, -0.15) is 10.2 Å². The van der Waals surface area contributed by atoms with Gasteiger partial charge in [0.1, 0.15) is 5.69 Å². The van der Waals surface area contributed by atoms with Crippen molar-refractivity contribution in [1.82, 2.24) is 20.4 Å². The Balaban J connectivity index is 1.83. The van der Waals surface area contributed by atoms with Gasteiger partial charge >= 0.3 is 0 Å². The molecule has 0 saturated heterocycles. The summed E-state index contributed by atoms with van der Waals surface area (Å²) in [6.45, 7) is 6.46. The molecule has 2 aromatic heterocycles. The molecule has 0 aliphatic carbocycles. The number of benzene rings is 1. The highest BCUT2D eigenvalue weighted by Crippen LogP contribution is 2.23. The average Bonchev–Trinajstić information content (AvgIpc) is 3.07. The van der Waals surface area contributed by atoms with Crippen LogP contribution in [0.25, 0.3) is 22.6 Å². The Morgan fingerprint density at radius 3 is 2.29 bits per heavy atom. The summed E-state index contributed by atoms with van der Waals surface area (Å²) in [4.78, 5) is 0. The normalized spacial score (nSPS) is 11.2. The lowest BCUT2D eigenvalue weighted by molar-refractivity contribution is 0.647. The first-order valence-electron chi connectivity index (χ1n) is 7.29. The first kappa shape index (κ1) is 13.6. The van der Waals surface area contributed by atoms with E-state index in [1.807, 2.05) is 19.1 Å². The molecule has 0 aliphatic heterocycles. The van der Waals surface area contributed by atoms with E-state index < -0.39 is 0 Å². The van der Waals surface area contributed by atoms with Crippen molar-refractivity contribution in [1.29, 1.82) is 0 Å². The summed E-state index contributed by atoms with van der Waals surface area (Å²) >= 11 is 0. The minimum Gasteiger partial charge on any atom is -0.282 e. The van der Waals surface area contributed by atoms with Crippen LogP contribution in [-0.4, -0.2) is 20.4 Å². The van der Waals surface area contributed by atoms with Crippen LogP contribution in [0.1, 0.15) is 25.1 Å². The summed E-state index contributed by atoms with van der Waals surface area (Å²) in [5, 5.41) is 14.6. The first-order chi connectivity index (χ1) is 10.1. The third kappa shape index (κ3) is 3.05. The van der Waals surface area contributed by atoms with Crippen LogP contribution in [0.15, 0.2) is 36.4 Å². The van der Waals surface area contributed by atoms with Crippen molar-refractivity contribution in [2.24, 2.45) is 5.92 Å². The Kier molecular flexibility index (Phi) is 3.60. The standard InChI is InChI=1S/C17H20N4/c1-11(2)8-13-4-6-14(7-5-13)15-10-17(21-19-15)16-9-12(3)18-20-16/h4-7,9-11H,8H2,1-3H3,(H,18,20)(H,19,21). The molecule has 4 nitrogen and oxygen atoms in total. The molecule has 0 atom stereocenters. The van der Waals surface area contributed by atoms with Crippen LogP contribution in [0.4, 0.5) is 0 Å². The van der Waals surface area contributed by atoms with Crippen LogP contribution in [0.2, 0.25) is 0 Å². The minimum absolute atomic E-state index is 0.677. The molecule has 0 aliphatic rings. The van der Waals surface area contributed by atoms with Gasteiger partial charge in [-0.25, -0.2) is 0 Å². The van der Waals surface area contributed by atoms with Crippen molar-refractivity contribution in [3.63, 3.8) is 0 Å². The maximum absolute atomic E-state index is 4.38. The van der Waals surface area contributed by atoms with Gasteiger partial charge in [-0.1, -0.05) is 38.1 Å². The zero-order valence-electron chi connectivity index (χ0n) is 12.6. The van der Waals surface area contributed by atoms with Crippen LogP contribution in [0.3, 0.4) is 0 Å². The zero-order chi connectivity index (χ0) is 14.8. The van der Waals surface area contributed by atoms with E-state index in [-0.39, 0.29) is 0 Å². The number of H-pyrrole nitrogens is 2. The van der Waals surface area contributed by atoms with Crippen LogP contribution < -0.4 is 0 Å². The molecule has 4 heteroatoms. The number of rotatable bonds is 4. The van der Waals surface area contributed by atoms with Crippen molar-refractivity contribution < 1.29 is 0 Å². The van der Waals surface area contributed by atoms with Gasteiger partial charge in [0.2, 0.25) is 0 Å². The molecule has 0 saturated carbocycles. The van der Waals surface area contributed by atoms with Gasteiger partial charge in [0.15, 0.2) is 0 Å². The van der Waals surface area contributed by atoms with E-state index in [9.17, 15) is 0 Å². The number of aryl methyl sites for hydroxylation is 1. The lowest BCUT2D eigenvalue weighted by Gasteiger charge is -2.05. The van der Waals surface area contributed by atoms with Crippen molar-refractivity contribution in [2.75, 3.05) is 0 Å². The van der Waals surface area contributed by atoms with E-state index in [4.69, 9.17) is 0 Å². The Bertz CT molecular complexity index is 719. The fourth-order valence-electron chi connectivity index (χ4n) is 2.44. The largest absolute Gasteiger partial charge is 0.282 e. The number of hydrogen-bond donors (Lipinski definition) is 2. The van der Waals surface area contributed by atoms with Crippen LogP contribution in [-0.2, 0) is 6.42 Å². The van der Waals surface area contributed by atoms with Gasteiger partial charge in [-0.05, 0) is 37.0 Å². The second-order valence-corrected chi connectivity index (χ2v) is 5.90. The first-order valence-corrected chi connectivity index (χ1v) is 7.29. The molecule has 0 spiro atoms. The lowest BCUT2D eigenvalue weighted by atomic mass is 10.0. The van der Waals surface area contributed by atoms with E-state index in [1.165, 1.54) is 5.56 Å². The number of aromatic nitrogens is 4. The van der Waals surface area contributed by atoms with Crippen molar-refractivity contribution in [3.05, 3.63) is 47.7 Å². The molecular weight excluding hydrogens is 260 g/mol. The molecule has 2 heterocycles. The second-order valence-electron chi connectivity index (χ2n) is 5.90. The van der Waals surface area contributed by atoms with Crippen LogP contribution >= 0.6 is 0 Å². The summed E-state index contributed by atoms with van der Waals surface area (Å²) in [6, 6.07) is 12.7. The quantitative estimate of drug-likeness (QED) is 0.759. The third-order valence-electron chi connectivity index (χ3n) is 3.45. The maximum Gasteiger partial charge on any atom is 0.110 e. The predicted molar refractivity (Wildman–Crippen MR) is 84.9 cm³/mol. The molecule has 0 bridgehead atoms. The van der Waals surface area contributed by atoms with Crippen molar-refractivity contribution in [2.45, 2.75) is 27.2 Å². The van der Waals surface area contributed by atoms with Gasteiger partial charge < -0.3 is 0 Å². The molecule has 0 fully saturated rings. The zero-order valence-corrected chi connectivity index (χ0v) is 12.6. The Hall–Kier alpha value is -2.36. The highest BCUT2D eigenvalue weighted by Gasteiger charge is 2.08. The van der Waals surface area contributed by atoms with Gasteiger partial charge in [-0.15, -0.1) is 0 Å². The van der Waals surface area contributed by atoms with Gasteiger partial charge in [0.05, 0.1) is 11.4 Å². The Morgan fingerprint density at radius 1 is 0.952 bits per heavy atom. The van der Waals surface area contributed by atoms with Crippen LogP contribution in [0, 0.1) is 12.8 Å². The Morgan fingerprint density at radius 2 is 1.67 bits per heavy atom. The fourth-order valence-corrected chi connectivity index (χ4v) is 2.44. The number of nitrogens with one attached hydrogen (secondary N) is 2. The van der Waals surface area contributed by atoms with Gasteiger partial charge in [0, 0.05) is 11.3 Å². The molecule has 1 aromatic carbocycles. The molecule has 108 valence electrons. The minimum atomic E-state index is 0.677. The van der Waals surface area contributed by atoms with Crippen molar-refractivity contribution >= 4 is 0 Å². The number of aromatic amines is 2. The van der Waals surface area contributed by atoms with Gasteiger partial charge in [-0.3, -0.25) is 10.2 Å². The average molecular weight is 280 g/mol. The molecule has 2 N–H and O–H groups in total. The topological polar surface area (TPSA) is 57.4 Å². The van der Waals surface area contributed by atoms with E-state index in [0.29, 0.717) is 5.92 Å². The van der Waals surface area contributed by atoms with E-state index in [1.54, 1.807) is 0 Å². The molecule has 3 rings (SSSR count). The molecular formula is C17H20N4. The molecule has 0 amide bonds. The number of hydrogen-bond acceptors (Lipinski definition) is 2. The summed E-state index contributed by atoms with van der Waals surface area (Å²) in [5.74, 6) is 0.677. The summed E-state index contributed by atoms with van der Waals surface area (Å²) < 4.78 is 0. The summed E-state index contributed by atoms with van der Waals surface area (Å²) in [5.41, 5.74) is 6.30. The predicted octanol–water partition coefficient (Wildman–Crippen LogP) is 3.97. The SMILES string of the molecule is Cc1cc(-c2cc(-c3ccc(CC(C)C)cc3)n[nH]2)n[nH]1. The highest BCUT2D eigenvalue weighted by atomic mass is 15.2. The molecule has 0 unspecified atom stereocenters. The maximum atomic E-state index is 4.38. The summed E-state index contributed by atoms with van der Waals surface area (Å²) in [7, 11) is 0. The Labute approximate surface area is 124 Å². The fraction of sp³-hybridized carbons (Fsp3) is 0.294. The van der Waals surface area contributed by atoms with E-state index >= 15 is 0 Å². The smallest absolute Gasteiger partial charge is 0.110 e. The lowest BCUT2D eigenvalue weighted by Crippen LogP contribution is -1.93.